The lowest BCUT2D eigenvalue weighted by molar-refractivity contribution is 1.18. The molecule has 0 atom stereocenters. The Labute approximate surface area is 241 Å². The Bertz CT molecular complexity index is 2130. The number of rotatable bonds is 4. The number of fused-ring (bicyclic) bond motifs is 5. The van der Waals surface area contributed by atoms with Gasteiger partial charge < -0.3 is 0 Å². The molecule has 0 amide bonds. The van der Waals surface area contributed by atoms with Crippen molar-refractivity contribution in [2.45, 2.75) is 0 Å². The molecule has 0 spiro atoms. The van der Waals surface area contributed by atoms with Crippen LogP contribution in [0.5, 0.6) is 0 Å². The lowest BCUT2D eigenvalue weighted by Crippen LogP contribution is -1.98. The van der Waals surface area contributed by atoms with Gasteiger partial charge in [-0.05, 0) is 18.2 Å². The van der Waals surface area contributed by atoms with E-state index in [1.54, 1.807) is 0 Å². The van der Waals surface area contributed by atoms with E-state index in [0.29, 0.717) is 5.82 Å². The molecule has 0 aliphatic carbocycles. The van der Waals surface area contributed by atoms with E-state index in [0.717, 1.165) is 50.2 Å². The van der Waals surface area contributed by atoms with Crippen LogP contribution in [0.25, 0.3) is 76.2 Å². The molecule has 4 heteroatoms. The minimum absolute atomic E-state index is 0.669. The van der Waals surface area contributed by atoms with Gasteiger partial charge in [-0.1, -0.05) is 121 Å². The Balaban J connectivity index is 1.46. The van der Waals surface area contributed by atoms with Gasteiger partial charge in [0.2, 0.25) is 0 Å². The fourth-order valence-corrected chi connectivity index (χ4v) is 6.78. The molecule has 0 fully saturated rings. The summed E-state index contributed by atoms with van der Waals surface area (Å²) in [5, 5.41) is 3.55. The van der Waals surface area contributed by atoms with Gasteiger partial charge in [-0.3, -0.25) is 0 Å². The molecule has 3 aromatic heterocycles. The summed E-state index contributed by atoms with van der Waals surface area (Å²) >= 11 is 1.82. The van der Waals surface area contributed by atoms with Crippen molar-refractivity contribution in [1.29, 1.82) is 0 Å². The molecule has 0 bridgehead atoms. The van der Waals surface area contributed by atoms with Crippen LogP contribution in [0.15, 0.2) is 140 Å². The van der Waals surface area contributed by atoms with Gasteiger partial charge in [0.15, 0.2) is 5.82 Å². The summed E-state index contributed by atoms with van der Waals surface area (Å²) in [6.07, 6.45) is 0. The first-order chi connectivity index (χ1) is 20.3. The van der Waals surface area contributed by atoms with Gasteiger partial charge in [0.05, 0.1) is 22.6 Å². The SMILES string of the molecule is c1ccc(-c2cc(-c3ccccc3)nc(-c3cccc4c3nc(-c3ccccc3)c3c5ccccc5sc43)n2)cc1. The standard InChI is InChI=1S/C37H23N3S/c1-4-13-24(14-5-1)30-23-31(25-15-6-2-7-16-25)39-37(38-30)29-21-12-20-28-35(29)40-34(26-17-8-3-9-18-26)33-27-19-10-11-22-32(27)41-36(28)33/h1-23H. The van der Waals surface area contributed by atoms with Crippen molar-refractivity contribution < 1.29 is 0 Å². The Kier molecular flexibility index (Phi) is 5.64. The smallest absolute Gasteiger partial charge is 0.162 e. The molecule has 0 radical (unpaired) electrons. The van der Waals surface area contributed by atoms with E-state index in [9.17, 15) is 0 Å². The van der Waals surface area contributed by atoms with E-state index in [4.69, 9.17) is 15.0 Å². The number of thiophene rings is 1. The molecule has 0 saturated heterocycles. The molecular weight excluding hydrogens is 518 g/mol. The van der Waals surface area contributed by atoms with Crippen LogP contribution in [0.3, 0.4) is 0 Å². The highest BCUT2D eigenvalue weighted by atomic mass is 32.1. The molecule has 3 heterocycles. The summed E-state index contributed by atoms with van der Waals surface area (Å²) < 4.78 is 2.49. The van der Waals surface area contributed by atoms with Gasteiger partial charge in [-0.25, -0.2) is 15.0 Å². The molecule has 0 unspecified atom stereocenters. The molecule has 0 aliphatic heterocycles. The van der Waals surface area contributed by atoms with Crippen molar-refractivity contribution >= 4 is 42.4 Å². The second-order valence-corrected chi connectivity index (χ2v) is 11.1. The highest BCUT2D eigenvalue weighted by Crippen LogP contribution is 2.44. The maximum Gasteiger partial charge on any atom is 0.162 e. The van der Waals surface area contributed by atoms with Crippen molar-refractivity contribution in [1.82, 2.24) is 15.0 Å². The maximum atomic E-state index is 5.40. The largest absolute Gasteiger partial charge is 0.246 e. The molecule has 41 heavy (non-hydrogen) atoms. The molecule has 8 rings (SSSR count). The summed E-state index contributed by atoms with van der Waals surface area (Å²) in [7, 11) is 0. The van der Waals surface area contributed by atoms with Gasteiger partial charge in [0, 0.05) is 47.8 Å². The van der Waals surface area contributed by atoms with Crippen LogP contribution in [0.2, 0.25) is 0 Å². The third kappa shape index (κ3) is 4.08. The number of aromatic nitrogens is 3. The number of para-hydroxylation sites is 1. The fraction of sp³-hybridized carbons (Fsp3) is 0. The number of benzene rings is 5. The normalized spacial score (nSPS) is 11.4. The van der Waals surface area contributed by atoms with E-state index in [2.05, 4.69) is 97.1 Å². The average Bonchev–Trinajstić information content (AvgIpc) is 3.45. The quantitative estimate of drug-likeness (QED) is 0.222. The fourth-order valence-electron chi connectivity index (χ4n) is 5.55. The monoisotopic (exact) mass is 541 g/mol. The molecule has 192 valence electrons. The first kappa shape index (κ1) is 23.7. The summed E-state index contributed by atoms with van der Waals surface area (Å²) in [6.45, 7) is 0. The van der Waals surface area contributed by atoms with Gasteiger partial charge in [0.1, 0.15) is 0 Å². The van der Waals surface area contributed by atoms with Crippen molar-refractivity contribution in [2.75, 3.05) is 0 Å². The van der Waals surface area contributed by atoms with E-state index >= 15 is 0 Å². The molecule has 3 nitrogen and oxygen atoms in total. The number of pyridine rings is 1. The predicted octanol–water partition coefficient (Wildman–Crippen LogP) is 10.1. The average molecular weight is 542 g/mol. The summed E-state index contributed by atoms with van der Waals surface area (Å²) in [6, 6.07) is 48.2. The van der Waals surface area contributed by atoms with Crippen molar-refractivity contribution in [3.05, 3.63) is 140 Å². The van der Waals surface area contributed by atoms with Crippen LogP contribution < -0.4 is 0 Å². The lowest BCUT2D eigenvalue weighted by Gasteiger charge is -2.13. The van der Waals surface area contributed by atoms with E-state index in [-0.39, 0.29) is 0 Å². The third-order valence-electron chi connectivity index (χ3n) is 7.49. The Hall–Kier alpha value is -5.19. The van der Waals surface area contributed by atoms with E-state index in [1.807, 2.05) is 53.8 Å². The maximum absolute atomic E-state index is 5.40. The minimum atomic E-state index is 0.669. The van der Waals surface area contributed by atoms with Gasteiger partial charge in [0.25, 0.3) is 0 Å². The minimum Gasteiger partial charge on any atom is -0.246 e. The number of hydrogen-bond donors (Lipinski definition) is 0. The van der Waals surface area contributed by atoms with Crippen molar-refractivity contribution in [3.8, 4) is 45.2 Å². The van der Waals surface area contributed by atoms with Crippen LogP contribution in [0, 0.1) is 0 Å². The predicted molar refractivity (Wildman–Crippen MR) is 172 cm³/mol. The summed E-state index contributed by atoms with van der Waals surface area (Å²) in [5.41, 5.74) is 7.80. The van der Waals surface area contributed by atoms with Crippen molar-refractivity contribution in [3.63, 3.8) is 0 Å². The molecule has 0 aliphatic rings. The van der Waals surface area contributed by atoms with Gasteiger partial charge in [-0.15, -0.1) is 11.3 Å². The number of nitrogens with zero attached hydrogens (tertiary/aromatic N) is 3. The third-order valence-corrected chi connectivity index (χ3v) is 8.69. The lowest BCUT2D eigenvalue weighted by atomic mass is 10.0. The van der Waals surface area contributed by atoms with E-state index < -0.39 is 0 Å². The van der Waals surface area contributed by atoms with Crippen LogP contribution in [-0.2, 0) is 0 Å². The number of hydrogen-bond acceptors (Lipinski definition) is 4. The Morgan fingerprint density at radius 2 is 1.02 bits per heavy atom. The van der Waals surface area contributed by atoms with Crippen LogP contribution >= 0.6 is 11.3 Å². The van der Waals surface area contributed by atoms with Crippen LogP contribution in [-0.4, -0.2) is 15.0 Å². The zero-order valence-electron chi connectivity index (χ0n) is 22.0. The summed E-state index contributed by atoms with van der Waals surface area (Å²) in [5.74, 6) is 0.669. The highest BCUT2D eigenvalue weighted by Gasteiger charge is 2.20. The second kappa shape index (κ2) is 9.77. The van der Waals surface area contributed by atoms with Crippen molar-refractivity contribution in [2.24, 2.45) is 0 Å². The van der Waals surface area contributed by atoms with Crippen LogP contribution in [0.1, 0.15) is 0 Å². The molecule has 0 saturated carbocycles. The summed E-state index contributed by atoms with van der Waals surface area (Å²) in [4.78, 5) is 15.7. The van der Waals surface area contributed by atoms with Gasteiger partial charge in [-0.2, -0.15) is 0 Å². The Morgan fingerprint density at radius 1 is 0.463 bits per heavy atom. The molecule has 5 aromatic carbocycles. The molecule has 0 N–H and O–H groups in total. The zero-order chi connectivity index (χ0) is 27.2. The topological polar surface area (TPSA) is 38.7 Å². The highest BCUT2D eigenvalue weighted by molar-refractivity contribution is 7.26. The van der Waals surface area contributed by atoms with E-state index in [1.165, 1.54) is 20.2 Å². The first-order valence-electron chi connectivity index (χ1n) is 13.6. The van der Waals surface area contributed by atoms with Gasteiger partial charge >= 0.3 is 0 Å². The second-order valence-electron chi connectivity index (χ2n) is 10.0. The van der Waals surface area contributed by atoms with Crippen LogP contribution in [0.4, 0.5) is 0 Å². The molecule has 8 aromatic rings. The Morgan fingerprint density at radius 3 is 1.68 bits per heavy atom. The molecular formula is C37H23N3S. The first-order valence-corrected chi connectivity index (χ1v) is 14.4. The zero-order valence-corrected chi connectivity index (χ0v) is 22.8.